The number of aromatic nitrogens is 1. The van der Waals surface area contributed by atoms with Crippen molar-refractivity contribution >= 4 is 34.2 Å². The summed E-state index contributed by atoms with van der Waals surface area (Å²) in [6, 6.07) is 0.777. The summed E-state index contributed by atoms with van der Waals surface area (Å²) in [4.78, 5) is 38.6. The van der Waals surface area contributed by atoms with Crippen molar-refractivity contribution in [3.63, 3.8) is 0 Å². The van der Waals surface area contributed by atoms with Crippen molar-refractivity contribution in [1.82, 2.24) is 4.57 Å². The zero-order valence-corrected chi connectivity index (χ0v) is 14.5. The van der Waals surface area contributed by atoms with Crippen molar-refractivity contribution in [2.45, 2.75) is 44.2 Å². The van der Waals surface area contributed by atoms with E-state index in [1.165, 1.54) is 6.20 Å². The summed E-state index contributed by atoms with van der Waals surface area (Å²) in [6.45, 7) is 0.578. The lowest BCUT2D eigenvalue weighted by atomic mass is 9.96. The molecule has 1 atom stereocenters. The van der Waals surface area contributed by atoms with E-state index in [0.29, 0.717) is 24.2 Å². The smallest absolute Gasteiger partial charge is 0.341 e. The number of rotatable bonds is 2. The highest BCUT2D eigenvalue weighted by molar-refractivity contribution is 6.12. The average Bonchev–Trinajstić information content (AvgIpc) is 3.47. The van der Waals surface area contributed by atoms with Gasteiger partial charge in [-0.15, -0.1) is 0 Å². The number of benzene rings is 1. The molecule has 3 aliphatic rings. The number of nitrogens with zero attached hydrogens (tertiary/aromatic N) is 2. The number of anilines is 2. The SMILES string of the molecule is O=C(O)c1cn(C2CC2)c2c3c(c(F)cc2c1=O)N1CCCCC1C(=O)N3. The summed E-state index contributed by atoms with van der Waals surface area (Å²) in [5.41, 5.74) is -0.100. The molecule has 1 amide bonds. The van der Waals surface area contributed by atoms with Crippen LogP contribution in [0.15, 0.2) is 17.1 Å². The number of aromatic carboxylic acids is 1. The van der Waals surface area contributed by atoms with Gasteiger partial charge in [0.15, 0.2) is 0 Å². The van der Waals surface area contributed by atoms with E-state index in [0.717, 1.165) is 31.7 Å². The van der Waals surface area contributed by atoms with Crippen molar-refractivity contribution < 1.29 is 19.1 Å². The van der Waals surface area contributed by atoms with E-state index in [2.05, 4.69) is 5.32 Å². The minimum atomic E-state index is -1.34. The fourth-order valence-electron chi connectivity index (χ4n) is 4.35. The molecule has 2 N–H and O–H groups in total. The monoisotopic (exact) mass is 371 g/mol. The summed E-state index contributed by atoms with van der Waals surface area (Å²) >= 11 is 0. The minimum Gasteiger partial charge on any atom is -0.477 e. The Labute approximate surface area is 153 Å². The van der Waals surface area contributed by atoms with Crippen LogP contribution in [0.4, 0.5) is 15.8 Å². The molecule has 1 saturated carbocycles. The van der Waals surface area contributed by atoms with Gasteiger partial charge >= 0.3 is 5.97 Å². The second-order valence-electron chi connectivity index (χ2n) is 7.49. The maximum atomic E-state index is 15.1. The van der Waals surface area contributed by atoms with Crippen LogP contribution in [0.25, 0.3) is 10.9 Å². The van der Waals surface area contributed by atoms with E-state index in [1.807, 2.05) is 0 Å². The highest BCUT2D eigenvalue weighted by Crippen LogP contribution is 2.45. The Morgan fingerprint density at radius 2 is 2.00 bits per heavy atom. The van der Waals surface area contributed by atoms with Crippen LogP contribution in [0.2, 0.25) is 0 Å². The Kier molecular flexibility index (Phi) is 3.35. The van der Waals surface area contributed by atoms with Crippen LogP contribution < -0.4 is 15.6 Å². The molecule has 0 bridgehead atoms. The molecule has 1 saturated heterocycles. The Hall–Kier alpha value is -2.90. The van der Waals surface area contributed by atoms with Crippen LogP contribution >= 0.6 is 0 Å². The topological polar surface area (TPSA) is 91.6 Å². The van der Waals surface area contributed by atoms with Gasteiger partial charge in [0.05, 0.1) is 22.3 Å². The fraction of sp³-hybridized carbons (Fsp3) is 0.421. The zero-order valence-electron chi connectivity index (χ0n) is 14.5. The highest BCUT2D eigenvalue weighted by Gasteiger charge is 2.39. The molecule has 2 aliphatic heterocycles. The Bertz CT molecular complexity index is 1070. The number of carbonyl (C=O) groups is 2. The Morgan fingerprint density at radius 3 is 2.70 bits per heavy atom. The first kappa shape index (κ1) is 16.3. The highest BCUT2D eigenvalue weighted by atomic mass is 19.1. The van der Waals surface area contributed by atoms with E-state index in [-0.39, 0.29) is 28.6 Å². The van der Waals surface area contributed by atoms with Gasteiger partial charge < -0.3 is 19.9 Å². The summed E-state index contributed by atoms with van der Waals surface area (Å²) in [6.07, 6.45) is 5.47. The van der Waals surface area contributed by atoms with E-state index >= 15 is 4.39 Å². The van der Waals surface area contributed by atoms with Crippen LogP contribution in [0, 0.1) is 5.82 Å². The fourth-order valence-corrected chi connectivity index (χ4v) is 4.35. The Balaban J connectivity index is 1.87. The molecule has 27 heavy (non-hydrogen) atoms. The van der Waals surface area contributed by atoms with Gasteiger partial charge in [0.25, 0.3) is 0 Å². The lowest BCUT2D eigenvalue weighted by molar-refractivity contribution is -0.118. The number of carboxylic acid groups (broad SMARTS) is 1. The van der Waals surface area contributed by atoms with Crippen molar-refractivity contribution in [2.24, 2.45) is 0 Å². The van der Waals surface area contributed by atoms with Crippen molar-refractivity contribution in [2.75, 3.05) is 16.8 Å². The van der Waals surface area contributed by atoms with Gasteiger partial charge in [0, 0.05) is 18.8 Å². The molecule has 1 unspecified atom stereocenters. The standard InChI is InChI=1S/C19H18FN3O4/c20-12-7-10-15(23(9-4-5-9)8-11(17(10)24)19(26)27)14-16(12)22-6-2-1-3-13(22)18(25)21-14/h7-9,13H,1-6H2,(H,21,25)(H,26,27). The van der Waals surface area contributed by atoms with Gasteiger partial charge in [-0.25, -0.2) is 9.18 Å². The number of hydrogen-bond donors (Lipinski definition) is 2. The van der Waals surface area contributed by atoms with Crippen LogP contribution in [0.3, 0.4) is 0 Å². The molecule has 8 heteroatoms. The third kappa shape index (κ3) is 2.28. The van der Waals surface area contributed by atoms with E-state index in [9.17, 15) is 19.5 Å². The van der Waals surface area contributed by atoms with Crippen molar-refractivity contribution in [1.29, 1.82) is 0 Å². The molecule has 1 aromatic carbocycles. The van der Waals surface area contributed by atoms with Crippen LogP contribution in [-0.2, 0) is 4.79 Å². The molecule has 3 heterocycles. The molecule has 2 fully saturated rings. The largest absolute Gasteiger partial charge is 0.477 e. The maximum Gasteiger partial charge on any atom is 0.341 e. The van der Waals surface area contributed by atoms with Crippen LogP contribution in [0.5, 0.6) is 0 Å². The quantitative estimate of drug-likeness (QED) is 0.846. The molecule has 2 aromatic rings. The molecule has 140 valence electrons. The van der Waals surface area contributed by atoms with Gasteiger partial charge in [-0.2, -0.15) is 0 Å². The third-order valence-corrected chi connectivity index (χ3v) is 5.75. The summed E-state index contributed by atoms with van der Waals surface area (Å²) in [5, 5.41) is 12.2. The number of halogens is 1. The molecule has 7 nitrogen and oxygen atoms in total. The van der Waals surface area contributed by atoms with Crippen LogP contribution in [0.1, 0.15) is 48.5 Å². The number of hydrogen-bond acceptors (Lipinski definition) is 4. The molecule has 5 rings (SSSR count). The molecule has 1 aromatic heterocycles. The number of fused-ring (bicyclic) bond motifs is 5. The maximum absolute atomic E-state index is 15.1. The van der Waals surface area contributed by atoms with Crippen LogP contribution in [-0.4, -0.2) is 34.1 Å². The Morgan fingerprint density at radius 1 is 1.22 bits per heavy atom. The number of amides is 1. The van der Waals surface area contributed by atoms with E-state index < -0.39 is 23.3 Å². The van der Waals surface area contributed by atoms with Gasteiger partial charge in [0.1, 0.15) is 17.4 Å². The summed E-state index contributed by atoms with van der Waals surface area (Å²) in [7, 11) is 0. The van der Waals surface area contributed by atoms with Gasteiger partial charge in [-0.3, -0.25) is 9.59 Å². The van der Waals surface area contributed by atoms with E-state index in [1.54, 1.807) is 9.47 Å². The predicted octanol–water partition coefficient (Wildman–Crippen LogP) is 2.48. The summed E-state index contributed by atoms with van der Waals surface area (Å²) in [5.74, 6) is -2.15. The first-order valence-corrected chi connectivity index (χ1v) is 9.19. The molecular weight excluding hydrogens is 353 g/mol. The zero-order chi connectivity index (χ0) is 18.9. The second-order valence-corrected chi connectivity index (χ2v) is 7.49. The number of piperidine rings is 1. The lowest BCUT2D eigenvalue weighted by Crippen LogP contribution is -2.51. The van der Waals surface area contributed by atoms with E-state index in [4.69, 9.17) is 0 Å². The van der Waals surface area contributed by atoms with Crippen molar-refractivity contribution in [3.8, 4) is 0 Å². The normalized spacial score (nSPS) is 21.6. The number of carboxylic acids is 1. The third-order valence-electron chi connectivity index (χ3n) is 5.75. The lowest BCUT2D eigenvalue weighted by Gasteiger charge is -2.41. The number of nitrogens with one attached hydrogen (secondary N) is 1. The van der Waals surface area contributed by atoms with Crippen molar-refractivity contribution in [3.05, 3.63) is 33.9 Å². The molecule has 0 radical (unpaired) electrons. The first-order valence-electron chi connectivity index (χ1n) is 9.19. The number of carbonyl (C=O) groups excluding carboxylic acids is 1. The van der Waals surface area contributed by atoms with Gasteiger partial charge in [0.2, 0.25) is 11.3 Å². The number of pyridine rings is 1. The predicted molar refractivity (Wildman–Crippen MR) is 97.0 cm³/mol. The summed E-state index contributed by atoms with van der Waals surface area (Å²) < 4.78 is 16.8. The second kappa shape index (κ2) is 5.55. The first-order chi connectivity index (χ1) is 13.0. The molecule has 1 aliphatic carbocycles. The van der Waals surface area contributed by atoms with Gasteiger partial charge in [-0.05, 0) is 38.2 Å². The molecular formula is C19H18FN3O4. The minimum absolute atomic E-state index is 0.00573. The molecule has 0 spiro atoms. The average molecular weight is 371 g/mol. The van der Waals surface area contributed by atoms with Gasteiger partial charge in [-0.1, -0.05) is 0 Å².